The van der Waals surface area contributed by atoms with Gasteiger partial charge in [-0.1, -0.05) is 18.2 Å². The number of nitrogens with one attached hydrogen (secondary N) is 2. The zero-order valence-corrected chi connectivity index (χ0v) is 14.3. The van der Waals surface area contributed by atoms with Crippen LogP contribution in [0.4, 0.5) is 5.69 Å². The lowest BCUT2D eigenvalue weighted by Crippen LogP contribution is -2.40. The molecule has 1 fully saturated rings. The number of anilines is 1. The SMILES string of the molecule is O=C(CN=C(Nc1ccccc1)N1CCCCC1)NCc1ccco1. The molecule has 0 saturated carbocycles. The molecule has 25 heavy (non-hydrogen) atoms. The van der Waals surface area contributed by atoms with Crippen molar-refractivity contribution in [2.45, 2.75) is 25.8 Å². The van der Waals surface area contributed by atoms with Gasteiger partial charge in [0.1, 0.15) is 12.3 Å². The quantitative estimate of drug-likeness (QED) is 0.649. The van der Waals surface area contributed by atoms with Crippen LogP contribution in [0.5, 0.6) is 0 Å². The third kappa shape index (κ3) is 5.38. The summed E-state index contributed by atoms with van der Waals surface area (Å²) in [7, 11) is 0. The van der Waals surface area contributed by atoms with Crippen molar-refractivity contribution in [1.29, 1.82) is 0 Å². The van der Waals surface area contributed by atoms with Crippen LogP contribution in [0.15, 0.2) is 58.1 Å². The number of carbonyl (C=O) groups is 1. The first-order chi connectivity index (χ1) is 12.3. The van der Waals surface area contributed by atoms with Crippen molar-refractivity contribution < 1.29 is 9.21 Å². The van der Waals surface area contributed by atoms with Gasteiger partial charge in [0, 0.05) is 18.8 Å². The van der Waals surface area contributed by atoms with E-state index in [-0.39, 0.29) is 12.5 Å². The minimum absolute atomic E-state index is 0.0897. The highest BCUT2D eigenvalue weighted by atomic mass is 16.3. The molecule has 1 amide bonds. The molecule has 1 aliphatic rings. The Morgan fingerprint density at radius 3 is 2.60 bits per heavy atom. The Bertz CT molecular complexity index is 677. The number of para-hydroxylation sites is 1. The van der Waals surface area contributed by atoms with Gasteiger partial charge < -0.3 is 20.0 Å². The number of amides is 1. The van der Waals surface area contributed by atoms with E-state index in [2.05, 4.69) is 20.5 Å². The summed E-state index contributed by atoms with van der Waals surface area (Å²) in [6, 6.07) is 13.6. The van der Waals surface area contributed by atoms with Crippen LogP contribution in [0.3, 0.4) is 0 Å². The Hall–Kier alpha value is -2.76. The largest absolute Gasteiger partial charge is 0.467 e. The van der Waals surface area contributed by atoms with Crippen LogP contribution in [-0.4, -0.2) is 36.4 Å². The van der Waals surface area contributed by atoms with Crippen LogP contribution in [0.2, 0.25) is 0 Å². The number of nitrogens with zero attached hydrogens (tertiary/aromatic N) is 2. The summed E-state index contributed by atoms with van der Waals surface area (Å²) in [6.45, 7) is 2.40. The summed E-state index contributed by atoms with van der Waals surface area (Å²) in [5.41, 5.74) is 0.975. The maximum atomic E-state index is 12.1. The maximum absolute atomic E-state index is 12.1. The molecule has 2 heterocycles. The van der Waals surface area contributed by atoms with Gasteiger partial charge in [0.25, 0.3) is 0 Å². The molecular weight excluding hydrogens is 316 g/mol. The minimum Gasteiger partial charge on any atom is -0.467 e. The van der Waals surface area contributed by atoms with Crippen LogP contribution >= 0.6 is 0 Å². The van der Waals surface area contributed by atoms with Gasteiger partial charge in [0.2, 0.25) is 5.91 Å². The van der Waals surface area contributed by atoms with E-state index in [9.17, 15) is 4.79 Å². The van der Waals surface area contributed by atoms with Gasteiger partial charge in [-0.05, 0) is 43.5 Å². The van der Waals surface area contributed by atoms with Gasteiger partial charge in [-0.15, -0.1) is 0 Å². The minimum atomic E-state index is -0.124. The van der Waals surface area contributed by atoms with E-state index in [1.165, 1.54) is 6.42 Å². The normalized spacial score (nSPS) is 15.0. The molecule has 0 radical (unpaired) electrons. The molecule has 1 aromatic carbocycles. The van der Waals surface area contributed by atoms with Crippen LogP contribution in [0.25, 0.3) is 0 Å². The summed E-state index contributed by atoms with van der Waals surface area (Å²) in [4.78, 5) is 18.8. The number of guanidine groups is 1. The molecule has 1 aliphatic heterocycles. The van der Waals surface area contributed by atoms with Gasteiger partial charge in [0.05, 0.1) is 12.8 Å². The maximum Gasteiger partial charge on any atom is 0.242 e. The number of hydrogen-bond acceptors (Lipinski definition) is 3. The van der Waals surface area contributed by atoms with E-state index in [0.29, 0.717) is 6.54 Å². The van der Waals surface area contributed by atoms with Crippen LogP contribution < -0.4 is 10.6 Å². The Labute approximate surface area is 147 Å². The molecule has 3 rings (SSSR count). The summed E-state index contributed by atoms with van der Waals surface area (Å²) < 4.78 is 5.21. The fourth-order valence-corrected chi connectivity index (χ4v) is 2.78. The highest BCUT2D eigenvalue weighted by Gasteiger charge is 2.15. The smallest absolute Gasteiger partial charge is 0.242 e. The Kier molecular flexibility index (Phi) is 6.09. The molecule has 2 aromatic rings. The van der Waals surface area contributed by atoms with Crippen molar-refractivity contribution in [3.8, 4) is 0 Å². The first-order valence-electron chi connectivity index (χ1n) is 8.72. The molecule has 132 valence electrons. The molecule has 2 N–H and O–H groups in total. The third-order valence-corrected chi connectivity index (χ3v) is 4.10. The van der Waals surface area contributed by atoms with E-state index in [1.54, 1.807) is 12.3 Å². The van der Waals surface area contributed by atoms with Crippen molar-refractivity contribution in [3.05, 3.63) is 54.5 Å². The fraction of sp³-hybridized carbons (Fsp3) is 0.368. The lowest BCUT2D eigenvalue weighted by Gasteiger charge is -2.30. The molecule has 6 nitrogen and oxygen atoms in total. The zero-order valence-electron chi connectivity index (χ0n) is 14.3. The van der Waals surface area contributed by atoms with Crippen molar-refractivity contribution in [2.75, 3.05) is 25.0 Å². The molecule has 0 aliphatic carbocycles. The standard InChI is InChI=1S/C19H24N4O2/c24-18(20-14-17-10-7-13-25-17)15-21-19(23-11-5-2-6-12-23)22-16-8-3-1-4-9-16/h1,3-4,7-10,13H,2,5-6,11-12,14-15H2,(H,20,24)(H,21,22). The van der Waals surface area contributed by atoms with Crippen molar-refractivity contribution in [3.63, 3.8) is 0 Å². The number of piperidine rings is 1. The third-order valence-electron chi connectivity index (χ3n) is 4.10. The molecule has 0 atom stereocenters. The van der Waals surface area contributed by atoms with Crippen LogP contribution in [0, 0.1) is 0 Å². The Balaban J connectivity index is 1.60. The molecule has 0 unspecified atom stereocenters. The Morgan fingerprint density at radius 2 is 1.88 bits per heavy atom. The number of benzene rings is 1. The molecule has 0 spiro atoms. The summed E-state index contributed by atoms with van der Waals surface area (Å²) in [6.07, 6.45) is 5.15. The van der Waals surface area contributed by atoms with Crippen LogP contribution in [0.1, 0.15) is 25.0 Å². The highest BCUT2D eigenvalue weighted by molar-refractivity contribution is 5.95. The van der Waals surface area contributed by atoms with E-state index in [1.807, 2.05) is 36.4 Å². The van der Waals surface area contributed by atoms with Gasteiger partial charge in [-0.25, -0.2) is 4.99 Å². The monoisotopic (exact) mass is 340 g/mol. The second kappa shape index (κ2) is 8.92. The van der Waals surface area contributed by atoms with Gasteiger partial charge in [-0.3, -0.25) is 4.79 Å². The lowest BCUT2D eigenvalue weighted by molar-refractivity contribution is -0.119. The number of rotatable bonds is 5. The number of aliphatic imine (C=N–C) groups is 1. The topological polar surface area (TPSA) is 69.9 Å². The predicted octanol–water partition coefficient (Wildman–Crippen LogP) is 2.85. The number of likely N-dealkylation sites (tertiary alicyclic amines) is 1. The van der Waals surface area contributed by atoms with E-state index >= 15 is 0 Å². The molecule has 6 heteroatoms. The average Bonchev–Trinajstić information content (AvgIpc) is 3.18. The fourth-order valence-electron chi connectivity index (χ4n) is 2.78. The highest BCUT2D eigenvalue weighted by Crippen LogP contribution is 2.12. The summed E-state index contributed by atoms with van der Waals surface area (Å²) in [5.74, 6) is 1.37. The summed E-state index contributed by atoms with van der Waals surface area (Å²) in [5, 5.41) is 6.17. The van der Waals surface area contributed by atoms with Crippen molar-refractivity contribution >= 4 is 17.6 Å². The van der Waals surface area contributed by atoms with E-state index < -0.39 is 0 Å². The number of hydrogen-bond donors (Lipinski definition) is 2. The summed E-state index contributed by atoms with van der Waals surface area (Å²) >= 11 is 0. The molecular formula is C19H24N4O2. The second-order valence-electron chi connectivity index (χ2n) is 6.03. The Morgan fingerprint density at radius 1 is 1.08 bits per heavy atom. The first-order valence-corrected chi connectivity index (χ1v) is 8.72. The molecule has 1 saturated heterocycles. The van der Waals surface area contributed by atoms with Gasteiger partial charge in [-0.2, -0.15) is 0 Å². The van der Waals surface area contributed by atoms with Crippen molar-refractivity contribution in [2.24, 2.45) is 4.99 Å². The second-order valence-corrected chi connectivity index (χ2v) is 6.03. The van der Waals surface area contributed by atoms with E-state index in [0.717, 1.165) is 43.3 Å². The number of carbonyl (C=O) groups excluding carboxylic acids is 1. The zero-order chi connectivity index (χ0) is 17.3. The average molecular weight is 340 g/mol. The van der Waals surface area contributed by atoms with Gasteiger partial charge >= 0.3 is 0 Å². The predicted molar refractivity (Wildman–Crippen MR) is 98.3 cm³/mol. The molecule has 0 bridgehead atoms. The first kappa shape index (κ1) is 17.1. The van der Waals surface area contributed by atoms with Crippen molar-refractivity contribution in [1.82, 2.24) is 10.2 Å². The number of furan rings is 1. The molecule has 1 aromatic heterocycles. The van der Waals surface area contributed by atoms with Crippen LogP contribution in [-0.2, 0) is 11.3 Å². The van der Waals surface area contributed by atoms with Gasteiger partial charge in [0.15, 0.2) is 5.96 Å². The van der Waals surface area contributed by atoms with E-state index in [4.69, 9.17) is 4.42 Å². The lowest BCUT2D eigenvalue weighted by atomic mass is 10.1.